The lowest BCUT2D eigenvalue weighted by Crippen LogP contribution is -2.20. The minimum absolute atomic E-state index is 0.252. The third-order valence-electron chi connectivity index (χ3n) is 3.66. The van der Waals surface area contributed by atoms with Gasteiger partial charge in [-0.1, -0.05) is 12.1 Å². The van der Waals surface area contributed by atoms with Crippen LogP contribution in [0.1, 0.15) is 24.8 Å². The maximum atomic E-state index is 11.0. The van der Waals surface area contributed by atoms with Gasteiger partial charge in [-0.05, 0) is 37.0 Å². The van der Waals surface area contributed by atoms with E-state index >= 15 is 0 Å². The van der Waals surface area contributed by atoms with Crippen molar-refractivity contribution in [2.24, 2.45) is 5.92 Å². The molecule has 0 radical (unpaired) electrons. The predicted octanol–water partition coefficient (Wildman–Crippen LogP) is 2.00. The smallest absolute Gasteiger partial charge is 0.307 e. The van der Waals surface area contributed by atoms with Gasteiger partial charge >= 0.3 is 11.9 Å². The van der Waals surface area contributed by atoms with Gasteiger partial charge in [-0.25, -0.2) is 0 Å². The molecule has 1 atom stereocenters. The molecule has 2 N–H and O–H groups in total. The van der Waals surface area contributed by atoms with Gasteiger partial charge in [-0.2, -0.15) is 0 Å². The van der Waals surface area contributed by atoms with Crippen molar-refractivity contribution in [3.63, 3.8) is 0 Å². The van der Waals surface area contributed by atoms with E-state index in [0.29, 0.717) is 0 Å². The molecule has 2 rings (SSSR count). The minimum atomic E-state index is -1.08. The third-order valence-corrected chi connectivity index (χ3v) is 3.66. The Morgan fingerprint density at radius 1 is 1.10 bits per heavy atom. The first-order valence-corrected chi connectivity index (χ1v) is 6.85. The van der Waals surface area contributed by atoms with Crippen LogP contribution in [0, 0.1) is 5.92 Å². The Morgan fingerprint density at radius 3 is 2.20 bits per heavy atom. The van der Waals surface area contributed by atoms with Crippen molar-refractivity contribution >= 4 is 17.6 Å². The molecule has 1 saturated heterocycles. The summed E-state index contributed by atoms with van der Waals surface area (Å²) in [5.41, 5.74) is 2.01. The molecule has 0 aromatic heterocycles. The van der Waals surface area contributed by atoms with Crippen molar-refractivity contribution in [3.8, 4) is 0 Å². The third kappa shape index (κ3) is 3.73. The van der Waals surface area contributed by atoms with Gasteiger partial charge in [0.15, 0.2) is 0 Å². The van der Waals surface area contributed by atoms with Gasteiger partial charge in [-0.3, -0.25) is 9.59 Å². The summed E-state index contributed by atoms with van der Waals surface area (Å²) in [6.45, 7) is 2.13. The van der Waals surface area contributed by atoms with Gasteiger partial charge in [0.25, 0.3) is 0 Å². The molecular formula is C15H19NO4. The molecule has 1 aliphatic rings. The molecule has 1 heterocycles. The molecule has 108 valence electrons. The number of hydrogen-bond donors (Lipinski definition) is 2. The van der Waals surface area contributed by atoms with Crippen LogP contribution in [0.15, 0.2) is 24.3 Å². The molecule has 0 aliphatic carbocycles. The Kier molecular flexibility index (Phi) is 4.61. The molecule has 1 unspecified atom stereocenters. The Bertz CT molecular complexity index is 477. The van der Waals surface area contributed by atoms with Crippen LogP contribution in [-0.4, -0.2) is 35.2 Å². The lowest BCUT2D eigenvalue weighted by atomic mass is 9.96. The molecule has 0 saturated carbocycles. The number of carboxylic acid groups (broad SMARTS) is 2. The number of hydrogen-bond acceptors (Lipinski definition) is 3. The summed E-state index contributed by atoms with van der Waals surface area (Å²) in [4.78, 5) is 24.0. The summed E-state index contributed by atoms with van der Waals surface area (Å²) in [6, 6.07) is 7.76. The van der Waals surface area contributed by atoms with E-state index in [4.69, 9.17) is 10.2 Å². The van der Waals surface area contributed by atoms with Crippen LogP contribution in [0.3, 0.4) is 0 Å². The lowest BCUT2D eigenvalue weighted by molar-refractivity contribution is -0.148. The minimum Gasteiger partial charge on any atom is -0.481 e. The Morgan fingerprint density at radius 2 is 1.70 bits per heavy atom. The zero-order chi connectivity index (χ0) is 14.5. The van der Waals surface area contributed by atoms with Crippen molar-refractivity contribution < 1.29 is 19.8 Å². The van der Waals surface area contributed by atoms with Crippen molar-refractivity contribution in [2.45, 2.75) is 25.7 Å². The lowest BCUT2D eigenvalue weighted by Gasteiger charge is -2.18. The van der Waals surface area contributed by atoms with Crippen LogP contribution in [0.2, 0.25) is 0 Å². The first kappa shape index (κ1) is 14.4. The molecular weight excluding hydrogens is 258 g/mol. The van der Waals surface area contributed by atoms with Crippen molar-refractivity contribution in [2.75, 3.05) is 18.0 Å². The van der Waals surface area contributed by atoms with Gasteiger partial charge in [0.2, 0.25) is 0 Å². The van der Waals surface area contributed by atoms with Gasteiger partial charge in [0.05, 0.1) is 12.3 Å². The predicted molar refractivity (Wildman–Crippen MR) is 75.0 cm³/mol. The number of benzene rings is 1. The molecule has 1 aliphatic heterocycles. The second kappa shape index (κ2) is 6.41. The molecule has 5 nitrogen and oxygen atoms in total. The van der Waals surface area contributed by atoms with Crippen LogP contribution < -0.4 is 4.90 Å². The first-order valence-electron chi connectivity index (χ1n) is 6.85. The molecule has 0 bridgehead atoms. The fourth-order valence-corrected chi connectivity index (χ4v) is 2.56. The summed E-state index contributed by atoms with van der Waals surface area (Å²) in [6.07, 6.45) is 2.33. The monoisotopic (exact) mass is 277 g/mol. The highest BCUT2D eigenvalue weighted by Crippen LogP contribution is 2.22. The molecule has 1 fully saturated rings. The van der Waals surface area contributed by atoms with Gasteiger partial charge in [-0.15, -0.1) is 0 Å². The summed E-state index contributed by atoms with van der Waals surface area (Å²) in [5, 5.41) is 17.8. The number of carbonyl (C=O) groups is 2. The van der Waals surface area contributed by atoms with Crippen molar-refractivity contribution in [1.29, 1.82) is 0 Å². The van der Waals surface area contributed by atoms with Crippen LogP contribution in [0.25, 0.3) is 0 Å². The zero-order valence-corrected chi connectivity index (χ0v) is 11.3. The fraction of sp³-hybridized carbons (Fsp3) is 0.467. The average Bonchev–Trinajstić information content (AvgIpc) is 2.92. The number of aliphatic carboxylic acids is 2. The second-order valence-corrected chi connectivity index (χ2v) is 5.20. The van der Waals surface area contributed by atoms with Gasteiger partial charge < -0.3 is 15.1 Å². The van der Waals surface area contributed by atoms with E-state index in [9.17, 15) is 9.59 Å². The number of carboxylic acids is 2. The summed E-state index contributed by atoms with van der Waals surface area (Å²) < 4.78 is 0. The van der Waals surface area contributed by atoms with E-state index in [1.165, 1.54) is 12.8 Å². The highest BCUT2D eigenvalue weighted by molar-refractivity contribution is 5.78. The van der Waals surface area contributed by atoms with Gasteiger partial charge in [0, 0.05) is 18.8 Å². The quantitative estimate of drug-likeness (QED) is 0.831. The van der Waals surface area contributed by atoms with Crippen LogP contribution in [-0.2, 0) is 16.0 Å². The molecule has 1 aromatic carbocycles. The van der Waals surface area contributed by atoms with Crippen LogP contribution >= 0.6 is 0 Å². The Labute approximate surface area is 117 Å². The molecule has 1 aromatic rings. The van der Waals surface area contributed by atoms with E-state index in [1.807, 2.05) is 24.3 Å². The topological polar surface area (TPSA) is 77.8 Å². The van der Waals surface area contributed by atoms with Crippen molar-refractivity contribution in [3.05, 3.63) is 29.8 Å². The summed E-state index contributed by atoms with van der Waals surface area (Å²) in [5.74, 6) is -3.01. The summed E-state index contributed by atoms with van der Waals surface area (Å²) >= 11 is 0. The first-order chi connectivity index (χ1) is 9.56. The molecule has 0 spiro atoms. The molecule has 0 amide bonds. The normalized spacial score (nSPS) is 16.1. The largest absolute Gasteiger partial charge is 0.481 e. The van der Waals surface area contributed by atoms with Gasteiger partial charge in [0.1, 0.15) is 0 Å². The SMILES string of the molecule is O=C(O)CC(Cc1ccc(N2CCCC2)cc1)C(=O)O. The second-order valence-electron chi connectivity index (χ2n) is 5.20. The van der Waals surface area contributed by atoms with E-state index in [2.05, 4.69) is 4.90 Å². The standard InChI is InChI=1S/C15H19NO4/c17-14(18)10-12(15(19)20)9-11-3-5-13(6-4-11)16-7-1-2-8-16/h3-6,12H,1-2,7-10H2,(H,17,18)(H,19,20). The number of anilines is 1. The fourth-order valence-electron chi connectivity index (χ4n) is 2.56. The van der Waals surface area contributed by atoms with E-state index < -0.39 is 17.9 Å². The maximum Gasteiger partial charge on any atom is 0.307 e. The Hall–Kier alpha value is -2.04. The molecule has 5 heteroatoms. The van der Waals surface area contributed by atoms with Crippen molar-refractivity contribution in [1.82, 2.24) is 0 Å². The highest BCUT2D eigenvalue weighted by atomic mass is 16.4. The van der Waals surface area contributed by atoms with Crippen LogP contribution in [0.4, 0.5) is 5.69 Å². The average molecular weight is 277 g/mol. The zero-order valence-electron chi connectivity index (χ0n) is 11.3. The highest BCUT2D eigenvalue weighted by Gasteiger charge is 2.21. The maximum absolute atomic E-state index is 11.0. The van der Waals surface area contributed by atoms with E-state index in [0.717, 1.165) is 24.3 Å². The van der Waals surface area contributed by atoms with E-state index in [1.54, 1.807) is 0 Å². The molecule has 20 heavy (non-hydrogen) atoms. The Balaban J connectivity index is 2.01. The van der Waals surface area contributed by atoms with E-state index in [-0.39, 0.29) is 12.8 Å². The summed E-state index contributed by atoms with van der Waals surface area (Å²) in [7, 11) is 0. The number of nitrogens with zero attached hydrogens (tertiary/aromatic N) is 1. The van der Waals surface area contributed by atoms with Crippen LogP contribution in [0.5, 0.6) is 0 Å². The number of rotatable bonds is 6.